The highest BCUT2D eigenvalue weighted by atomic mass is 15.0. The van der Waals surface area contributed by atoms with Crippen molar-refractivity contribution in [1.29, 1.82) is 10.5 Å². The Hall–Kier alpha value is -7.39. The summed E-state index contributed by atoms with van der Waals surface area (Å²) in [6.07, 6.45) is 0. The number of para-hydroxylation sites is 3. The number of nitriles is 2. The van der Waals surface area contributed by atoms with Gasteiger partial charge < -0.3 is 9.13 Å². The Labute approximate surface area is 288 Å². The fraction of sp³-hybridized carbons (Fsp3) is 0. The molecule has 0 aliphatic heterocycles. The van der Waals surface area contributed by atoms with E-state index in [2.05, 4.69) is 105 Å². The van der Waals surface area contributed by atoms with Gasteiger partial charge >= 0.3 is 0 Å². The zero-order valence-corrected chi connectivity index (χ0v) is 26.7. The standard InChI is InChI=1S/C45H25N5/c1-48-40-26-45(50-42-15-6-2-11-35(42)36-12-3-7-16-43(36)50)38(25-33(40)28-47)32-10-8-9-31(24-32)30-18-20-34(21-19-30)49-41-14-5-4-13-37(41)39-23-29(27-46)17-22-44(39)49/h2-26H. The number of rotatable bonds is 4. The van der Waals surface area contributed by atoms with Crippen LogP contribution in [0.3, 0.4) is 0 Å². The van der Waals surface area contributed by atoms with E-state index < -0.39 is 0 Å². The van der Waals surface area contributed by atoms with E-state index in [1.165, 1.54) is 0 Å². The lowest BCUT2D eigenvalue weighted by Crippen LogP contribution is -1.98. The van der Waals surface area contributed by atoms with Crippen LogP contribution in [0.25, 0.3) is 82.1 Å². The molecule has 50 heavy (non-hydrogen) atoms. The highest BCUT2D eigenvalue weighted by Crippen LogP contribution is 2.40. The lowest BCUT2D eigenvalue weighted by molar-refractivity contribution is 1.18. The van der Waals surface area contributed by atoms with E-state index in [9.17, 15) is 10.5 Å². The molecular weight excluding hydrogens is 611 g/mol. The molecule has 0 fully saturated rings. The van der Waals surface area contributed by atoms with Crippen LogP contribution in [0.2, 0.25) is 0 Å². The van der Waals surface area contributed by atoms with Gasteiger partial charge in [-0.05, 0) is 83.4 Å². The molecule has 0 unspecified atom stereocenters. The van der Waals surface area contributed by atoms with Crippen molar-refractivity contribution in [2.45, 2.75) is 0 Å². The third-order valence-corrected chi connectivity index (χ3v) is 9.61. The van der Waals surface area contributed by atoms with Gasteiger partial charge in [0.05, 0.1) is 51.9 Å². The Bertz CT molecular complexity index is 2900. The van der Waals surface area contributed by atoms with E-state index in [4.69, 9.17) is 6.57 Å². The van der Waals surface area contributed by atoms with E-state index >= 15 is 0 Å². The molecule has 7 aromatic carbocycles. The minimum Gasteiger partial charge on any atom is -0.310 e. The fourth-order valence-corrected chi connectivity index (χ4v) is 7.35. The van der Waals surface area contributed by atoms with Crippen molar-refractivity contribution >= 4 is 49.3 Å². The minimum atomic E-state index is 0.328. The molecule has 0 saturated carbocycles. The van der Waals surface area contributed by atoms with Crippen molar-refractivity contribution in [3.8, 4) is 45.8 Å². The first-order valence-electron chi connectivity index (χ1n) is 16.3. The van der Waals surface area contributed by atoms with Gasteiger partial charge in [-0.2, -0.15) is 10.5 Å². The summed E-state index contributed by atoms with van der Waals surface area (Å²) in [5, 5.41) is 24.0. The number of hydrogen-bond acceptors (Lipinski definition) is 2. The molecule has 230 valence electrons. The number of nitrogens with zero attached hydrogens (tertiary/aromatic N) is 5. The summed E-state index contributed by atoms with van der Waals surface area (Å²) in [5.41, 5.74) is 11.3. The molecular formula is C45H25N5. The van der Waals surface area contributed by atoms with Gasteiger partial charge in [-0.1, -0.05) is 84.9 Å². The van der Waals surface area contributed by atoms with Crippen molar-refractivity contribution in [2.24, 2.45) is 0 Å². The summed E-state index contributed by atoms with van der Waals surface area (Å²) < 4.78 is 4.45. The number of aromatic nitrogens is 2. The van der Waals surface area contributed by atoms with Crippen LogP contribution in [0.5, 0.6) is 0 Å². The molecule has 0 saturated heterocycles. The average Bonchev–Trinajstić information content (AvgIpc) is 3.70. The summed E-state index contributed by atoms with van der Waals surface area (Å²) in [6.45, 7) is 7.88. The molecule has 0 atom stereocenters. The Morgan fingerprint density at radius 1 is 0.480 bits per heavy atom. The van der Waals surface area contributed by atoms with Gasteiger partial charge in [-0.15, -0.1) is 0 Å². The first-order valence-corrected chi connectivity index (χ1v) is 16.3. The monoisotopic (exact) mass is 635 g/mol. The van der Waals surface area contributed by atoms with E-state index in [0.717, 1.165) is 77.2 Å². The van der Waals surface area contributed by atoms with Gasteiger partial charge in [0, 0.05) is 38.5 Å². The van der Waals surface area contributed by atoms with Crippen LogP contribution >= 0.6 is 0 Å². The van der Waals surface area contributed by atoms with Crippen LogP contribution < -0.4 is 0 Å². The predicted molar refractivity (Wildman–Crippen MR) is 202 cm³/mol. The molecule has 9 rings (SSSR count). The lowest BCUT2D eigenvalue weighted by Gasteiger charge is -2.16. The molecule has 0 bridgehead atoms. The van der Waals surface area contributed by atoms with Gasteiger partial charge in [0.25, 0.3) is 0 Å². The summed E-state index contributed by atoms with van der Waals surface area (Å²) in [7, 11) is 0. The normalized spacial score (nSPS) is 11.1. The maximum atomic E-state index is 10.1. The second kappa shape index (κ2) is 11.4. The van der Waals surface area contributed by atoms with Crippen molar-refractivity contribution in [2.75, 3.05) is 0 Å². The Morgan fingerprint density at radius 2 is 1.08 bits per heavy atom. The third kappa shape index (κ3) is 4.38. The number of benzene rings is 7. The molecule has 0 aliphatic rings. The zero-order valence-electron chi connectivity index (χ0n) is 26.7. The van der Waals surface area contributed by atoms with Crippen LogP contribution in [0.4, 0.5) is 5.69 Å². The van der Waals surface area contributed by atoms with Gasteiger partial charge in [-0.3, -0.25) is 0 Å². The van der Waals surface area contributed by atoms with Gasteiger partial charge in [0.2, 0.25) is 5.69 Å². The minimum absolute atomic E-state index is 0.328. The molecule has 2 heterocycles. The Morgan fingerprint density at radius 3 is 1.72 bits per heavy atom. The van der Waals surface area contributed by atoms with Gasteiger partial charge in [0.1, 0.15) is 0 Å². The van der Waals surface area contributed by atoms with E-state index in [-0.39, 0.29) is 0 Å². The number of fused-ring (bicyclic) bond motifs is 6. The van der Waals surface area contributed by atoms with Crippen molar-refractivity contribution in [3.05, 3.63) is 174 Å². The molecule has 0 aliphatic carbocycles. The van der Waals surface area contributed by atoms with Crippen molar-refractivity contribution in [1.82, 2.24) is 9.13 Å². The van der Waals surface area contributed by atoms with Crippen LogP contribution in [0.15, 0.2) is 152 Å². The van der Waals surface area contributed by atoms with Crippen LogP contribution in [-0.2, 0) is 0 Å². The highest BCUT2D eigenvalue weighted by molar-refractivity contribution is 6.11. The second-order valence-corrected chi connectivity index (χ2v) is 12.3. The van der Waals surface area contributed by atoms with Crippen LogP contribution in [0.1, 0.15) is 11.1 Å². The van der Waals surface area contributed by atoms with Crippen molar-refractivity contribution in [3.63, 3.8) is 0 Å². The molecule has 9 aromatic rings. The third-order valence-electron chi connectivity index (χ3n) is 9.61. The maximum Gasteiger partial charge on any atom is 0.206 e. The van der Waals surface area contributed by atoms with Gasteiger partial charge in [-0.25, -0.2) is 4.85 Å². The second-order valence-electron chi connectivity index (χ2n) is 12.3. The topological polar surface area (TPSA) is 61.8 Å². The van der Waals surface area contributed by atoms with Crippen LogP contribution in [0, 0.1) is 29.2 Å². The summed E-state index contributed by atoms with van der Waals surface area (Å²) in [6, 6.07) is 55.9. The van der Waals surface area contributed by atoms with Crippen LogP contribution in [-0.4, -0.2) is 9.13 Å². The van der Waals surface area contributed by atoms with E-state index in [0.29, 0.717) is 16.8 Å². The maximum absolute atomic E-state index is 10.1. The zero-order chi connectivity index (χ0) is 33.8. The molecule has 0 spiro atoms. The lowest BCUT2D eigenvalue weighted by atomic mass is 9.95. The Balaban J connectivity index is 1.19. The summed E-state index contributed by atoms with van der Waals surface area (Å²) >= 11 is 0. The SMILES string of the molecule is [C-]#[N+]c1cc(-n2c3ccccc3c3ccccc32)c(-c2cccc(-c3ccc(-n4c5ccccc5c5cc(C#N)ccc54)cc3)c2)cc1C#N. The first kappa shape index (κ1) is 28.8. The molecule has 5 heteroatoms. The molecule has 2 aromatic heterocycles. The fourth-order valence-electron chi connectivity index (χ4n) is 7.35. The Kier molecular flexibility index (Phi) is 6.56. The predicted octanol–water partition coefficient (Wildman–Crippen LogP) is 11.5. The summed E-state index contributed by atoms with van der Waals surface area (Å²) in [4.78, 5) is 3.75. The first-order chi connectivity index (χ1) is 24.7. The van der Waals surface area contributed by atoms with Gasteiger partial charge in [0.15, 0.2) is 0 Å². The smallest absolute Gasteiger partial charge is 0.206 e. The number of hydrogen-bond donors (Lipinski definition) is 0. The highest BCUT2D eigenvalue weighted by Gasteiger charge is 2.19. The van der Waals surface area contributed by atoms with E-state index in [1.54, 1.807) is 0 Å². The molecule has 0 N–H and O–H groups in total. The van der Waals surface area contributed by atoms with Crippen molar-refractivity contribution < 1.29 is 0 Å². The quantitative estimate of drug-likeness (QED) is 0.181. The summed E-state index contributed by atoms with van der Waals surface area (Å²) in [5.74, 6) is 0. The molecule has 0 amide bonds. The molecule has 5 nitrogen and oxygen atoms in total. The van der Waals surface area contributed by atoms with E-state index in [1.807, 2.05) is 72.8 Å². The molecule has 0 radical (unpaired) electrons. The average molecular weight is 636 g/mol. The largest absolute Gasteiger partial charge is 0.310 e.